The maximum atomic E-state index is 12.1. The Bertz CT molecular complexity index is 817. The zero-order valence-electron chi connectivity index (χ0n) is 12.9. The second-order valence-electron chi connectivity index (χ2n) is 5.44. The van der Waals surface area contributed by atoms with Crippen LogP contribution in [0.1, 0.15) is 22.4 Å². The van der Waals surface area contributed by atoms with Crippen LogP contribution in [0.4, 0.5) is 5.69 Å². The number of thioether (sulfide) groups is 2. The van der Waals surface area contributed by atoms with Crippen molar-refractivity contribution in [3.05, 3.63) is 50.9 Å². The van der Waals surface area contributed by atoms with Crippen molar-refractivity contribution in [1.82, 2.24) is 9.97 Å². The predicted molar refractivity (Wildman–Crippen MR) is 95.1 cm³/mol. The molecular weight excluding hydrogens is 330 g/mol. The van der Waals surface area contributed by atoms with Crippen LogP contribution in [0.15, 0.2) is 28.2 Å². The molecule has 23 heavy (non-hydrogen) atoms. The first-order valence-corrected chi connectivity index (χ1v) is 9.36. The maximum absolute atomic E-state index is 12.1. The van der Waals surface area contributed by atoms with Crippen LogP contribution < -0.4 is 10.9 Å². The number of aryl methyl sites for hydroxylation is 2. The molecule has 120 valence electrons. The summed E-state index contributed by atoms with van der Waals surface area (Å²) in [6.07, 6.45) is 0. The second kappa shape index (κ2) is 6.80. The van der Waals surface area contributed by atoms with E-state index in [-0.39, 0.29) is 17.2 Å². The number of amides is 1. The molecule has 0 atom stereocenters. The number of carbonyl (C=O) groups excluding carboxylic acids is 1. The quantitative estimate of drug-likeness (QED) is 0.657. The van der Waals surface area contributed by atoms with Gasteiger partial charge in [-0.25, -0.2) is 4.98 Å². The van der Waals surface area contributed by atoms with Gasteiger partial charge in [-0.2, -0.15) is 11.8 Å². The van der Waals surface area contributed by atoms with Gasteiger partial charge in [0.25, 0.3) is 5.56 Å². The average molecular weight is 347 g/mol. The summed E-state index contributed by atoms with van der Waals surface area (Å²) < 4.78 is 0. The first-order valence-electron chi connectivity index (χ1n) is 7.22. The highest BCUT2D eigenvalue weighted by atomic mass is 32.2. The molecule has 1 aromatic heterocycles. The van der Waals surface area contributed by atoms with Crippen LogP contribution in [0, 0.1) is 13.8 Å². The number of nitrogens with one attached hydrogen (secondary N) is 2. The van der Waals surface area contributed by atoms with Crippen LogP contribution in [0.2, 0.25) is 0 Å². The van der Waals surface area contributed by atoms with Crippen molar-refractivity contribution in [2.75, 3.05) is 11.1 Å². The number of aromatic nitrogens is 2. The van der Waals surface area contributed by atoms with Gasteiger partial charge in [-0.05, 0) is 25.5 Å². The Balaban J connectivity index is 1.63. The molecule has 1 amide bonds. The lowest BCUT2D eigenvalue weighted by molar-refractivity contribution is -0.113. The van der Waals surface area contributed by atoms with E-state index >= 15 is 0 Å². The fourth-order valence-corrected chi connectivity index (χ4v) is 4.10. The molecule has 0 unspecified atom stereocenters. The SMILES string of the molecule is Cc1ccc(NC(=O)CSc2nc3c(c(=O)[nH]2)CSC3)c(C)c1. The van der Waals surface area contributed by atoms with Crippen LogP contribution >= 0.6 is 23.5 Å². The summed E-state index contributed by atoms with van der Waals surface area (Å²) in [6.45, 7) is 3.98. The van der Waals surface area contributed by atoms with E-state index in [4.69, 9.17) is 0 Å². The topological polar surface area (TPSA) is 74.8 Å². The summed E-state index contributed by atoms with van der Waals surface area (Å²) in [5.41, 5.74) is 4.53. The lowest BCUT2D eigenvalue weighted by atomic mass is 10.1. The largest absolute Gasteiger partial charge is 0.325 e. The maximum Gasteiger partial charge on any atom is 0.255 e. The van der Waals surface area contributed by atoms with E-state index in [0.29, 0.717) is 5.16 Å². The highest BCUT2D eigenvalue weighted by Crippen LogP contribution is 2.26. The van der Waals surface area contributed by atoms with Crippen molar-refractivity contribution < 1.29 is 4.79 Å². The number of aromatic amines is 1. The molecule has 0 aliphatic carbocycles. The predicted octanol–water partition coefficient (Wildman–Crippen LogP) is 2.86. The van der Waals surface area contributed by atoms with E-state index in [1.165, 1.54) is 11.8 Å². The number of hydrogen-bond acceptors (Lipinski definition) is 5. The van der Waals surface area contributed by atoms with E-state index in [9.17, 15) is 9.59 Å². The molecule has 1 aliphatic rings. The van der Waals surface area contributed by atoms with Crippen molar-refractivity contribution in [1.29, 1.82) is 0 Å². The first kappa shape index (κ1) is 16.1. The lowest BCUT2D eigenvalue weighted by Crippen LogP contribution is -2.18. The average Bonchev–Trinajstić information content (AvgIpc) is 2.97. The molecule has 0 radical (unpaired) electrons. The Hall–Kier alpha value is -1.73. The molecular formula is C16H17N3O2S2. The number of H-pyrrole nitrogens is 1. The highest BCUT2D eigenvalue weighted by molar-refractivity contribution is 7.99. The second-order valence-corrected chi connectivity index (χ2v) is 7.39. The molecule has 1 aromatic carbocycles. The number of hydrogen-bond donors (Lipinski definition) is 2. The van der Waals surface area contributed by atoms with E-state index in [1.807, 2.05) is 32.0 Å². The van der Waals surface area contributed by atoms with Crippen LogP contribution in [-0.2, 0) is 16.3 Å². The highest BCUT2D eigenvalue weighted by Gasteiger charge is 2.18. The van der Waals surface area contributed by atoms with Gasteiger partial charge in [-0.15, -0.1) is 0 Å². The first-order chi connectivity index (χ1) is 11.0. The van der Waals surface area contributed by atoms with E-state index < -0.39 is 0 Å². The lowest BCUT2D eigenvalue weighted by Gasteiger charge is -2.09. The zero-order valence-corrected chi connectivity index (χ0v) is 14.6. The molecule has 0 saturated heterocycles. The van der Waals surface area contributed by atoms with Gasteiger partial charge in [0.15, 0.2) is 5.16 Å². The van der Waals surface area contributed by atoms with Gasteiger partial charge in [-0.3, -0.25) is 9.59 Å². The molecule has 3 rings (SSSR count). The van der Waals surface area contributed by atoms with Crippen molar-refractivity contribution in [3.63, 3.8) is 0 Å². The molecule has 1 aliphatic heterocycles. The third-order valence-electron chi connectivity index (χ3n) is 3.56. The minimum atomic E-state index is -0.112. The summed E-state index contributed by atoms with van der Waals surface area (Å²) in [5.74, 6) is 1.58. The zero-order chi connectivity index (χ0) is 16.4. The Labute approximate surface area is 142 Å². The van der Waals surface area contributed by atoms with Crippen LogP contribution in [0.3, 0.4) is 0 Å². The molecule has 5 nitrogen and oxygen atoms in total. The van der Waals surface area contributed by atoms with Crippen molar-refractivity contribution in [2.45, 2.75) is 30.5 Å². The van der Waals surface area contributed by atoms with Gasteiger partial charge >= 0.3 is 0 Å². The molecule has 7 heteroatoms. The minimum absolute atomic E-state index is 0.0858. The summed E-state index contributed by atoms with van der Waals surface area (Å²) >= 11 is 2.93. The Morgan fingerprint density at radius 3 is 3.00 bits per heavy atom. The third kappa shape index (κ3) is 3.79. The Morgan fingerprint density at radius 2 is 2.22 bits per heavy atom. The molecule has 2 heterocycles. The Morgan fingerprint density at radius 1 is 1.39 bits per heavy atom. The normalized spacial score (nSPS) is 13.0. The number of carbonyl (C=O) groups is 1. The number of nitrogens with zero attached hydrogens (tertiary/aromatic N) is 1. The van der Waals surface area contributed by atoms with Gasteiger partial charge in [-0.1, -0.05) is 29.5 Å². The molecule has 2 N–H and O–H groups in total. The van der Waals surface area contributed by atoms with Gasteiger partial charge in [0.2, 0.25) is 5.91 Å². The summed E-state index contributed by atoms with van der Waals surface area (Å²) in [6, 6.07) is 5.90. The van der Waals surface area contributed by atoms with Gasteiger partial charge in [0.05, 0.1) is 11.4 Å². The molecule has 2 aromatic rings. The summed E-state index contributed by atoms with van der Waals surface area (Å²) in [5, 5.41) is 3.40. The van der Waals surface area contributed by atoms with Crippen molar-refractivity contribution >= 4 is 35.1 Å². The van der Waals surface area contributed by atoms with Gasteiger partial charge in [0, 0.05) is 22.8 Å². The monoisotopic (exact) mass is 347 g/mol. The van der Waals surface area contributed by atoms with Gasteiger partial charge < -0.3 is 10.3 Å². The van der Waals surface area contributed by atoms with Crippen molar-refractivity contribution in [2.24, 2.45) is 0 Å². The van der Waals surface area contributed by atoms with E-state index in [2.05, 4.69) is 15.3 Å². The summed E-state index contributed by atoms with van der Waals surface area (Å²) in [7, 11) is 0. The van der Waals surface area contributed by atoms with Crippen molar-refractivity contribution in [3.8, 4) is 0 Å². The molecule has 0 saturated carbocycles. The number of rotatable bonds is 4. The number of benzene rings is 1. The van der Waals surface area contributed by atoms with Crippen LogP contribution in [0.25, 0.3) is 0 Å². The fraction of sp³-hybridized carbons (Fsp3) is 0.312. The fourth-order valence-electron chi connectivity index (χ4n) is 2.38. The van der Waals surface area contributed by atoms with E-state index in [0.717, 1.165) is 39.6 Å². The van der Waals surface area contributed by atoms with Crippen LogP contribution in [-0.4, -0.2) is 21.6 Å². The minimum Gasteiger partial charge on any atom is -0.325 e. The van der Waals surface area contributed by atoms with E-state index in [1.54, 1.807) is 11.8 Å². The third-order valence-corrected chi connectivity index (χ3v) is 5.40. The Kier molecular flexibility index (Phi) is 4.77. The standard InChI is InChI=1S/C16H17N3O2S2/c1-9-3-4-12(10(2)5-9)17-14(20)8-23-16-18-13-7-22-6-11(13)15(21)19-16/h3-5H,6-8H2,1-2H3,(H,17,20)(H,18,19,21). The molecule has 0 spiro atoms. The molecule has 0 bridgehead atoms. The number of anilines is 1. The van der Waals surface area contributed by atoms with Crippen LogP contribution in [0.5, 0.6) is 0 Å². The van der Waals surface area contributed by atoms with Gasteiger partial charge in [0.1, 0.15) is 0 Å². The molecule has 0 fully saturated rings. The smallest absolute Gasteiger partial charge is 0.255 e. The summed E-state index contributed by atoms with van der Waals surface area (Å²) in [4.78, 5) is 31.2. The number of fused-ring (bicyclic) bond motifs is 1.